The van der Waals surface area contributed by atoms with Gasteiger partial charge in [-0.15, -0.1) is 0 Å². The summed E-state index contributed by atoms with van der Waals surface area (Å²) >= 11 is 0. The third-order valence-corrected chi connectivity index (χ3v) is 2.96. The predicted octanol–water partition coefficient (Wildman–Crippen LogP) is 1.41. The molecule has 3 N–H and O–H groups in total. The van der Waals surface area contributed by atoms with Gasteiger partial charge in [0.05, 0.1) is 12.2 Å². The minimum Gasteiger partial charge on any atom is -0.494 e. The number of aryl methyl sites for hydroxylation is 1. The van der Waals surface area contributed by atoms with Gasteiger partial charge in [0.1, 0.15) is 5.75 Å². The van der Waals surface area contributed by atoms with Gasteiger partial charge in [0.15, 0.2) is 5.84 Å². The molecule has 110 valence electrons. The summed E-state index contributed by atoms with van der Waals surface area (Å²) in [6.07, 6.45) is 2.34. The topological polar surface area (TPSA) is 89.8 Å². The highest BCUT2D eigenvalue weighted by Crippen LogP contribution is 2.08. The molecule has 6 heteroatoms. The fourth-order valence-electron chi connectivity index (χ4n) is 1.90. The van der Waals surface area contributed by atoms with Gasteiger partial charge in [-0.25, -0.2) is 0 Å². The smallest absolute Gasteiger partial charge is 0.261 e. The Kier molecular flexibility index (Phi) is 4.98. The van der Waals surface area contributed by atoms with Crippen LogP contribution in [-0.4, -0.2) is 22.2 Å². The fraction of sp³-hybridized carbons (Fsp3) is 0.200. The van der Waals surface area contributed by atoms with Gasteiger partial charge in [-0.1, -0.05) is 23.4 Å². The van der Waals surface area contributed by atoms with Crippen LogP contribution >= 0.6 is 0 Å². The zero-order chi connectivity index (χ0) is 15.1. The molecule has 0 aliphatic heterocycles. The van der Waals surface area contributed by atoms with E-state index in [0.29, 0.717) is 19.6 Å². The molecule has 0 atom stereocenters. The molecule has 0 saturated heterocycles. The van der Waals surface area contributed by atoms with Crippen molar-refractivity contribution in [1.82, 2.24) is 4.57 Å². The maximum atomic E-state index is 12.1. The van der Waals surface area contributed by atoms with Gasteiger partial charge in [0.25, 0.3) is 5.56 Å². The van der Waals surface area contributed by atoms with E-state index in [1.54, 1.807) is 12.3 Å². The van der Waals surface area contributed by atoms with E-state index < -0.39 is 0 Å². The van der Waals surface area contributed by atoms with Gasteiger partial charge in [0, 0.05) is 12.7 Å². The van der Waals surface area contributed by atoms with E-state index >= 15 is 0 Å². The number of pyridine rings is 1. The molecular weight excluding hydrogens is 270 g/mol. The Bertz CT molecular complexity index is 665. The summed E-state index contributed by atoms with van der Waals surface area (Å²) in [4.78, 5) is 12.1. The largest absolute Gasteiger partial charge is 0.494 e. The summed E-state index contributed by atoms with van der Waals surface area (Å²) in [6, 6.07) is 12.7. The third-order valence-electron chi connectivity index (χ3n) is 2.96. The van der Waals surface area contributed by atoms with Crippen LogP contribution in [0.1, 0.15) is 12.0 Å². The molecule has 1 aromatic heterocycles. The average molecular weight is 287 g/mol. The van der Waals surface area contributed by atoms with E-state index in [1.807, 2.05) is 30.3 Å². The first-order valence-electron chi connectivity index (χ1n) is 6.57. The third kappa shape index (κ3) is 3.85. The van der Waals surface area contributed by atoms with Crippen LogP contribution in [0, 0.1) is 0 Å². The van der Waals surface area contributed by atoms with E-state index in [2.05, 4.69) is 5.16 Å². The highest BCUT2D eigenvalue weighted by atomic mass is 16.5. The fourth-order valence-corrected chi connectivity index (χ4v) is 1.90. The lowest BCUT2D eigenvalue weighted by Crippen LogP contribution is -2.30. The molecule has 0 radical (unpaired) electrons. The number of hydrogen-bond donors (Lipinski definition) is 2. The van der Waals surface area contributed by atoms with Crippen molar-refractivity contribution in [2.75, 3.05) is 6.61 Å². The maximum absolute atomic E-state index is 12.1. The Morgan fingerprint density at radius 3 is 2.71 bits per heavy atom. The molecule has 21 heavy (non-hydrogen) atoms. The molecule has 6 nitrogen and oxygen atoms in total. The molecule has 1 heterocycles. The second-order valence-corrected chi connectivity index (χ2v) is 4.42. The predicted molar refractivity (Wildman–Crippen MR) is 79.8 cm³/mol. The quantitative estimate of drug-likeness (QED) is 0.276. The lowest BCUT2D eigenvalue weighted by atomic mass is 10.2. The van der Waals surface area contributed by atoms with Crippen molar-refractivity contribution >= 4 is 5.84 Å². The Morgan fingerprint density at radius 1 is 1.24 bits per heavy atom. The van der Waals surface area contributed by atoms with Crippen LogP contribution in [0.15, 0.2) is 58.6 Å². The lowest BCUT2D eigenvalue weighted by molar-refractivity contribution is 0.301. The van der Waals surface area contributed by atoms with Crippen LogP contribution in [0.3, 0.4) is 0 Å². The van der Waals surface area contributed by atoms with E-state index in [4.69, 9.17) is 15.7 Å². The Hall–Kier alpha value is -2.76. The minimum absolute atomic E-state index is 0.184. The summed E-state index contributed by atoms with van der Waals surface area (Å²) in [6.45, 7) is 1.00. The number of ether oxygens (including phenoxy) is 1. The number of nitrogens with two attached hydrogens (primary N) is 1. The molecule has 0 fully saturated rings. The Labute approximate surface area is 122 Å². The molecule has 0 aliphatic carbocycles. The van der Waals surface area contributed by atoms with Gasteiger partial charge in [-0.2, -0.15) is 0 Å². The summed E-state index contributed by atoms with van der Waals surface area (Å²) in [5, 5.41) is 11.5. The molecule has 0 saturated carbocycles. The zero-order valence-corrected chi connectivity index (χ0v) is 11.5. The number of para-hydroxylation sites is 1. The normalized spacial score (nSPS) is 11.3. The van der Waals surface area contributed by atoms with Gasteiger partial charge < -0.3 is 20.2 Å². The maximum Gasteiger partial charge on any atom is 0.261 e. The first kappa shape index (κ1) is 14.6. The van der Waals surface area contributed by atoms with Gasteiger partial charge >= 0.3 is 0 Å². The van der Waals surface area contributed by atoms with Gasteiger partial charge in [-0.3, -0.25) is 4.79 Å². The summed E-state index contributed by atoms with van der Waals surface area (Å²) < 4.78 is 7.08. The van der Waals surface area contributed by atoms with E-state index in [9.17, 15) is 4.79 Å². The number of aromatic nitrogens is 1. The number of nitrogens with zero attached hydrogens (tertiary/aromatic N) is 2. The van der Waals surface area contributed by atoms with Gasteiger partial charge in [0.2, 0.25) is 0 Å². The number of rotatable bonds is 6. The molecule has 0 amide bonds. The van der Waals surface area contributed by atoms with Crippen molar-refractivity contribution < 1.29 is 9.94 Å². The standard InChI is InChI=1S/C15H17N3O3/c16-14(17-20)13-8-4-9-18(15(13)19)10-5-11-21-12-6-2-1-3-7-12/h1-4,6-9,20H,5,10-11H2,(H2,16,17). The molecule has 0 spiro atoms. The Morgan fingerprint density at radius 2 is 2.00 bits per heavy atom. The number of hydrogen-bond acceptors (Lipinski definition) is 4. The van der Waals surface area contributed by atoms with E-state index in [-0.39, 0.29) is 17.0 Å². The average Bonchev–Trinajstić information content (AvgIpc) is 2.53. The molecule has 1 aromatic carbocycles. The number of amidine groups is 1. The summed E-state index contributed by atoms with van der Waals surface area (Å²) in [5.41, 5.74) is 5.36. The monoisotopic (exact) mass is 287 g/mol. The van der Waals surface area contributed by atoms with Crippen molar-refractivity contribution in [1.29, 1.82) is 0 Å². The second kappa shape index (κ2) is 7.14. The van der Waals surface area contributed by atoms with Crippen LogP contribution in [0.4, 0.5) is 0 Å². The first-order valence-corrected chi connectivity index (χ1v) is 6.57. The molecule has 0 unspecified atom stereocenters. The van der Waals surface area contributed by atoms with Crippen molar-refractivity contribution in [3.05, 3.63) is 64.6 Å². The molecule has 2 aromatic rings. The van der Waals surface area contributed by atoms with Crippen LogP contribution < -0.4 is 16.0 Å². The second-order valence-electron chi connectivity index (χ2n) is 4.42. The molecule has 2 rings (SSSR count). The van der Waals surface area contributed by atoms with Crippen LogP contribution in [0.25, 0.3) is 0 Å². The van der Waals surface area contributed by atoms with Crippen molar-refractivity contribution in [2.45, 2.75) is 13.0 Å². The summed E-state index contributed by atoms with van der Waals surface area (Å²) in [5.74, 6) is 0.616. The first-order chi connectivity index (χ1) is 10.2. The molecule has 0 bridgehead atoms. The van der Waals surface area contributed by atoms with Crippen molar-refractivity contribution in [3.63, 3.8) is 0 Å². The minimum atomic E-state index is -0.285. The lowest BCUT2D eigenvalue weighted by Gasteiger charge is -2.08. The SMILES string of the molecule is N/C(=N/O)c1cccn(CCCOc2ccccc2)c1=O. The summed E-state index contributed by atoms with van der Waals surface area (Å²) in [7, 11) is 0. The van der Waals surface area contributed by atoms with E-state index in [0.717, 1.165) is 5.75 Å². The number of oxime groups is 1. The van der Waals surface area contributed by atoms with Crippen LogP contribution in [0.2, 0.25) is 0 Å². The molecule has 0 aliphatic rings. The van der Waals surface area contributed by atoms with Crippen molar-refractivity contribution in [2.24, 2.45) is 10.9 Å². The highest BCUT2D eigenvalue weighted by molar-refractivity contribution is 5.96. The highest BCUT2D eigenvalue weighted by Gasteiger charge is 2.07. The Balaban J connectivity index is 1.93. The van der Waals surface area contributed by atoms with Gasteiger partial charge in [-0.05, 0) is 30.7 Å². The van der Waals surface area contributed by atoms with Crippen LogP contribution in [0.5, 0.6) is 5.75 Å². The van der Waals surface area contributed by atoms with E-state index in [1.165, 1.54) is 10.6 Å². The molecular formula is C15H17N3O3. The van der Waals surface area contributed by atoms with Crippen LogP contribution in [-0.2, 0) is 6.54 Å². The van der Waals surface area contributed by atoms with Crippen molar-refractivity contribution in [3.8, 4) is 5.75 Å². The zero-order valence-electron chi connectivity index (χ0n) is 11.5. The number of benzene rings is 1.